The lowest BCUT2D eigenvalue weighted by Crippen LogP contribution is -2.55. The second kappa shape index (κ2) is 12.8. The van der Waals surface area contributed by atoms with Crippen molar-refractivity contribution in [3.8, 4) is 56.4 Å². The molecule has 244 valence electrons. The van der Waals surface area contributed by atoms with Crippen molar-refractivity contribution >= 4 is 110 Å². The van der Waals surface area contributed by atoms with Gasteiger partial charge in [-0.3, -0.25) is 0 Å². The Labute approximate surface area is 322 Å². The maximum absolute atomic E-state index is 6.44. The predicted molar refractivity (Wildman–Crippen MR) is 229 cm³/mol. The number of fused-ring (bicyclic) bond motifs is 6. The zero-order chi connectivity index (χ0) is 37.4. The molecule has 3 aromatic heterocycles. The molecule has 0 saturated heterocycles. The molecule has 10 rings (SSSR count). The highest BCUT2D eigenvalue weighted by Crippen LogP contribution is 2.39. The van der Waals surface area contributed by atoms with E-state index >= 15 is 0 Å². The molecule has 0 aliphatic carbocycles. The molecule has 0 aliphatic rings. The van der Waals surface area contributed by atoms with Gasteiger partial charge in [-0.05, 0) is 53.1 Å². The summed E-state index contributed by atoms with van der Waals surface area (Å²) in [6, 6.07) is 44.0. The third kappa shape index (κ3) is 5.43. The van der Waals surface area contributed by atoms with Gasteiger partial charge in [0.05, 0.1) is 0 Å². The summed E-state index contributed by atoms with van der Waals surface area (Å²) < 4.78 is 12.8. The Morgan fingerprint density at radius 2 is 0.909 bits per heavy atom. The minimum atomic E-state index is 0.159. The molecule has 0 amide bonds. The Kier molecular flexibility index (Phi) is 7.70. The number of aromatic nitrogens is 3. The van der Waals surface area contributed by atoms with Crippen molar-refractivity contribution in [2.75, 3.05) is 0 Å². The van der Waals surface area contributed by atoms with Crippen molar-refractivity contribution in [2.24, 2.45) is 0 Å². The van der Waals surface area contributed by atoms with Crippen LogP contribution in [0.15, 0.2) is 142 Å². The van der Waals surface area contributed by atoms with E-state index in [1.54, 1.807) is 0 Å². The normalized spacial score (nSPS) is 11.6. The van der Waals surface area contributed by atoms with Crippen molar-refractivity contribution in [3.05, 3.63) is 133 Å². The highest BCUT2D eigenvalue weighted by Gasteiger charge is 2.18. The van der Waals surface area contributed by atoms with Crippen molar-refractivity contribution in [2.45, 2.75) is 0 Å². The third-order valence-electron chi connectivity index (χ3n) is 10.2. The zero-order valence-electron chi connectivity index (χ0n) is 29.2. The average molecular weight is 691 g/mol. The van der Waals surface area contributed by atoms with Crippen LogP contribution in [0, 0.1) is 0 Å². The quantitative estimate of drug-likeness (QED) is 0.208. The summed E-state index contributed by atoms with van der Waals surface area (Å²) in [5.41, 5.74) is 9.79. The molecule has 0 spiro atoms. The number of rotatable bonds is 5. The van der Waals surface area contributed by atoms with Gasteiger partial charge in [-0.15, -0.1) is 16.4 Å². The molecule has 5 nitrogen and oxygen atoms in total. The largest absolute Gasteiger partial charge is 0.456 e. The van der Waals surface area contributed by atoms with E-state index in [9.17, 15) is 0 Å². The van der Waals surface area contributed by atoms with Gasteiger partial charge in [-0.1, -0.05) is 108 Å². The molecule has 7 aromatic carbocycles. The van der Waals surface area contributed by atoms with Crippen LogP contribution in [0.25, 0.3) is 100 Å². The van der Waals surface area contributed by atoms with Gasteiger partial charge in [0.25, 0.3) is 0 Å². The highest BCUT2D eigenvalue weighted by molar-refractivity contribution is 6.68. The molecule has 10 heteroatoms. The molecule has 0 saturated carbocycles. The monoisotopic (exact) mass is 691 g/mol. The van der Waals surface area contributed by atoms with Gasteiger partial charge in [0.1, 0.15) is 61.6 Å². The van der Waals surface area contributed by atoms with Crippen molar-refractivity contribution in [1.82, 2.24) is 15.0 Å². The molecular weight excluding hydrogens is 669 g/mol. The van der Waals surface area contributed by atoms with Gasteiger partial charge >= 0.3 is 0 Å². The van der Waals surface area contributed by atoms with Gasteiger partial charge in [-0.25, -0.2) is 15.0 Å². The predicted octanol–water partition coefficient (Wildman–Crippen LogP) is 5.97. The number of para-hydroxylation sites is 2. The maximum atomic E-state index is 6.44. The summed E-state index contributed by atoms with van der Waals surface area (Å²) in [7, 11) is 31.3. The van der Waals surface area contributed by atoms with E-state index in [-0.39, 0.29) is 27.3 Å². The van der Waals surface area contributed by atoms with Gasteiger partial charge in [-0.2, -0.15) is 0 Å². The molecule has 0 fully saturated rings. The number of furan rings is 2. The summed E-state index contributed by atoms with van der Waals surface area (Å²) in [4.78, 5) is 14.8. The Morgan fingerprint density at radius 3 is 1.69 bits per heavy atom. The van der Waals surface area contributed by atoms with Gasteiger partial charge in [0.15, 0.2) is 17.5 Å². The van der Waals surface area contributed by atoms with Crippen LogP contribution in [0.4, 0.5) is 0 Å². The molecule has 10 aromatic rings. The van der Waals surface area contributed by atoms with Gasteiger partial charge < -0.3 is 8.83 Å². The lowest BCUT2D eigenvalue weighted by atomic mass is 9.59. The van der Waals surface area contributed by atoms with Crippen LogP contribution < -0.4 is 27.3 Å². The summed E-state index contributed by atoms with van der Waals surface area (Å²) in [6.07, 6.45) is 0. The lowest BCUT2D eigenvalue weighted by molar-refractivity contribution is 0.668. The summed E-state index contributed by atoms with van der Waals surface area (Å²) >= 11 is 0. The van der Waals surface area contributed by atoms with E-state index in [1.165, 1.54) is 0 Å². The first kappa shape index (κ1) is 33.1. The van der Waals surface area contributed by atoms with Crippen molar-refractivity contribution in [3.63, 3.8) is 0 Å². The number of hydrogen-bond acceptors (Lipinski definition) is 5. The standard InChI is InChI=1S/C45H22B5N3O2/c46-37-36(38(47)40(49)41(50)39(37)48)25-10-6-11-26(20-25)44-51-43(23-8-2-1-3-9-23)52-45(53-44)27-16-18-30-32-21-24(17-19-34(32)54-35(30)22-27)28-13-7-14-31-29-12-4-5-15-33(29)55-42(28)31/h1-22H. The first-order valence-electron chi connectivity index (χ1n) is 17.6. The summed E-state index contributed by atoms with van der Waals surface area (Å²) in [6.45, 7) is 0. The van der Waals surface area contributed by atoms with Gasteiger partial charge in [0, 0.05) is 43.8 Å². The molecule has 0 atom stereocenters. The maximum Gasteiger partial charge on any atom is 0.164 e. The fourth-order valence-corrected chi connectivity index (χ4v) is 7.38. The Morgan fingerprint density at radius 1 is 0.345 bits per heavy atom. The first-order valence-corrected chi connectivity index (χ1v) is 17.6. The van der Waals surface area contributed by atoms with E-state index in [4.69, 9.17) is 63.0 Å². The molecule has 3 heterocycles. The Bertz CT molecular complexity index is 3150. The fourth-order valence-electron chi connectivity index (χ4n) is 7.38. The smallest absolute Gasteiger partial charge is 0.164 e. The lowest BCUT2D eigenvalue weighted by Gasteiger charge is -2.21. The zero-order valence-corrected chi connectivity index (χ0v) is 29.2. The molecular formula is C45H22B5N3O2. The van der Waals surface area contributed by atoms with Crippen molar-refractivity contribution < 1.29 is 8.83 Å². The molecule has 10 radical (unpaired) electrons. The van der Waals surface area contributed by atoms with Crippen LogP contribution in [0.1, 0.15) is 0 Å². The van der Waals surface area contributed by atoms with Crippen LogP contribution in [-0.2, 0) is 0 Å². The first-order chi connectivity index (χ1) is 26.8. The number of benzene rings is 7. The average Bonchev–Trinajstić information content (AvgIpc) is 3.80. The minimum Gasteiger partial charge on any atom is -0.456 e. The van der Waals surface area contributed by atoms with Crippen LogP contribution in [0.5, 0.6) is 0 Å². The minimum absolute atomic E-state index is 0.159. The highest BCUT2D eigenvalue weighted by atomic mass is 16.3. The molecule has 0 bridgehead atoms. The van der Waals surface area contributed by atoms with Crippen LogP contribution >= 0.6 is 0 Å². The Balaban J connectivity index is 1.09. The molecule has 0 N–H and O–H groups in total. The number of nitrogens with zero attached hydrogens (tertiary/aromatic N) is 3. The second-order valence-corrected chi connectivity index (χ2v) is 13.5. The second-order valence-electron chi connectivity index (χ2n) is 13.5. The number of hydrogen-bond donors (Lipinski definition) is 0. The van der Waals surface area contributed by atoms with Crippen molar-refractivity contribution in [1.29, 1.82) is 0 Å². The van der Waals surface area contributed by atoms with Crippen LogP contribution in [-0.4, -0.2) is 54.2 Å². The van der Waals surface area contributed by atoms with Crippen LogP contribution in [0.2, 0.25) is 0 Å². The Hall–Kier alpha value is -6.53. The summed E-state index contributed by atoms with van der Waals surface area (Å²) in [5, 5.41) is 4.15. The van der Waals surface area contributed by atoms with Crippen LogP contribution in [0.3, 0.4) is 0 Å². The van der Waals surface area contributed by atoms with E-state index in [0.29, 0.717) is 39.7 Å². The molecule has 55 heavy (non-hydrogen) atoms. The SMILES string of the molecule is [B]c1c([B])c([B])c(-c2cccc(-c3nc(-c4ccccc4)nc(-c4ccc5c(c4)oc4ccc(-c6cccc7c6oc6ccccc67)cc45)n3)c2)c([B])c1[B]. The van der Waals surface area contributed by atoms with Gasteiger partial charge in [0.2, 0.25) is 0 Å². The summed E-state index contributed by atoms with van der Waals surface area (Å²) in [5.74, 6) is 1.45. The van der Waals surface area contributed by atoms with E-state index in [2.05, 4.69) is 42.5 Å². The van der Waals surface area contributed by atoms with E-state index in [1.807, 2.05) is 91.0 Å². The fraction of sp³-hybridized carbons (Fsp3) is 0. The molecule has 0 aliphatic heterocycles. The third-order valence-corrected chi connectivity index (χ3v) is 10.2. The molecule has 0 unspecified atom stereocenters. The van der Waals surface area contributed by atoms with E-state index < -0.39 is 0 Å². The van der Waals surface area contributed by atoms with E-state index in [0.717, 1.165) is 60.5 Å². The topological polar surface area (TPSA) is 65.0 Å².